The summed E-state index contributed by atoms with van der Waals surface area (Å²) in [6.45, 7) is 8.46. The molecule has 0 N–H and O–H groups in total. The van der Waals surface area contributed by atoms with Crippen LogP contribution in [0.2, 0.25) is 0 Å². The monoisotopic (exact) mass is 385 g/mol. The first-order chi connectivity index (χ1) is 12.7. The van der Waals surface area contributed by atoms with Crippen molar-refractivity contribution in [1.82, 2.24) is 0 Å². The third-order valence-electron chi connectivity index (χ3n) is 3.54. The fourth-order valence-electron chi connectivity index (χ4n) is 2.45. The van der Waals surface area contributed by atoms with Crippen LogP contribution >= 0.6 is 0 Å². The minimum atomic E-state index is -1.21. The summed E-state index contributed by atoms with van der Waals surface area (Å²) in [5.41, 5.74) is 8.90. The van der Waals surface area contributed by atoms with E-state index in [4.69, 9.17) is 29.2 Å². The highest BCUT2D eigenvalue weighted by Crippen LogP contribution is 2.30. The number of hydrogen-bond acceptors (Lipinski definition) is 9. The molecular weight excluding hydrogens is 362 g/mol. The van der Waals surface area contributed by atoms with Crippen LogP contribution in [0.5, 0.6) is 0 Å². The molecule has 150 valence electrons. The molecular formula is C16H23N3O8. The molecule has 0 aromatic rings. The van der Waals surface area contributed by atoms with Crippen LogP contribution in [0, 0.1) is 0 Å². The Labute approximate surface area is 156 Å². The normalized spacial score (nSPS) is 28.2. The van der Waals surface area contributed by atoms with Gasteiger partial charge < -0.3 is 23.7 Å². The lowest BCUT2D eigenvalue weighted by atomic mass is 9.96. The van der Waals surface area contributed by atoms with Crippen molar-refractivity contribution >= 4 is 17.9 Å². The summed E-state index contributed by atoms with van der Waals surface area (Å²) in [6, 6.07) is -1.15. The number of hydrogen-bond donors (Lipinski definition) is 0. The van der Waals surface area contributed by atoms with Crippen molar-refractivity contribution in [2.75, 3.05) is 6.61 Å². The molecule has 11 heteroatoms. The number of carbonyl (C=O) groups is 3. The van der Waals surface area contributed by atoms with Gasteiger partial charge in [-0.25, -0.2) is 0 Å². The smallest absolute Gasteiger partial charge is 0.303 e. The van der Waals surface area contributed by atoms with Gasteiger partial charge in [0.05, 0.1) is 6.10 Å². The van der Waals surface area contributed by atoms with Gasteiger partial charge in [-0.1, -0.05) is 11.2 Å². The van der Waals surface area contributed by atoms with Gasteiger partial charge in [-0.2, -0.15) is 0 Å². The quantitative estimate of drug-likeness (QED) is 0.152. The minimum absolute atomic E-state index is 0.295. The number of ether oxygens (including phenoxy) is 5. The summed E-state index contributed by atoms with van der Waals surface area (Å²) in [6.07, 6.45) is -3.58. The van der Waals surface area contributed by atoms with Crippen molar-refractivity contribution in [3.05, 3.63) is 23.1 Å². The maximum Gasteiger partial charge on any atom is 0.303 e. The molecule has 11 nitrogen and oxygen atoms in total. The Kier molecular flexibility index (Phi) is 8.73. The fourth-order valence-corrected chi connectivity index (χ4v) is 2.45. The van der Waals surface area contributed by atoms with Crippen molar-refractivity contribution in [3.63, 3.8) is 0 Å². The summed E-state index contributed by atoms with van der Waals surface area (Å²) in [5, 5.41) is 3.59. The number of azide groups is 1. The molecule has 0 aromatic heterocycles. The lowest BCUT2D eigenvalue weighted by Gasteiger charge is -2.43. The van der Waals surface area contributed by atoms with Gasteiger partial charge in [-0.3, -0.25) is 14.4 Å². The van der Waals surface area contributed by atoms with Crippen LogP contribution in [-0.2, 0) is 38.1 Å². The summed E-state index contributed by atoms with van der Waals surface area (Å²) >= 11 is 0. The Morgan fingerprint density at radius 3 is 2.26 bits per heavy atom. The van der Waals surface area contributed by atoms with Crippen molar-refractivity contribution < 1.29 is 38.1 Å². The topological polar surface area (TPSA) is 146 Å². The number of carbonyl (C=O) groups excluding carboxylic acids is 3. The van der Waals surface area contributed by atoms with Gasteiger partial charge in [0.2, 0.25) is 0 Å². The van der Waals surface area contributed by atoms with E-state index in [0.717, 1.165) is 13.8 Å². The average Bonchev–Trinajstić information content (AvgIpc) is 2.57. The first-order valence-corrected chi connectivity index (χ1v) is 8.15. The van der Waals surface area contributed by atoms with E-state index >= 15 is 0 Å². The predicted molar refractivity (Wildman–Crippen MR) is 90.1 cm³/mol. The highest BCUT2D eigenvalue weighted by atomic mass is 16.7. The van der Waals surface area contributed by atoms with E-state index in [9.17, 15) is 14.4 Å². The molecule has 1 saturated heterocycles. The second-order valence-electron chi connectivity index (χ2n) is 5.77. The third-order valence-corrected chi connectivity index (χ3v) is 3.54. The van der Waals surface area contributed by atoms with Crippen LogP contribution in [0.25, 0.3) is 10.4 Å². The van der Waals surface area contributed by atoms with Gasteiger partial charge in [-0.05, 0) is 12.5 Å². The minimum Gasteiger partial charge on any atom is -0.463 e. The van der Waals surface area contributed by atoms with Gasteiger partial charge in [-0.15, -0.1) is 6.58 Å². The highest BCUT2D eigenvalue weighted by Gasteiger charge is 2.50. The molecule has 27 heavy (non-hydrogen) atoms. The van der Waals surface area contributed by atoms with Gasteiger partial charge >= 0.3 is 17.9 Å². The summed E-state index contributed by atoms with van der Waals surface area (Å²) < 4.78 is 26.8. The average molecular weight is 385 g/mol. The van der Waals surface area contributed by atoms with E-state index in [1.165, 1.54) is 13.0 Å². The molecule has 1 fully saturated rings. The maximum absolute atomic E-state index is 11.6. The van der Waals surface area contributed by atoms with Crippen LogP contribution in [0.3, 0.4) is 0 Å². The molecule has 0 spiro atoms. The van der Waals surface area contributed by atoms with Crippen LogP contribution in [0.1, 0.15) is 27.7 Å². The van der Waals surface area contributed by atoms with E-state index in [1.54, 1.807) is 6.92 Å². The third kappa shape index (κ3) is 6.89. The molecule has 0 bridgehead atoms. The molecule has 1 aliphatic heterocycles. The Morgan fingerprint density at radius 2 is 1.78 bits per heavy atom. The van der Waals surface area contributed by atoms with Gasteiger partial charge in [0.25, 0.3) is 0 Å². The fraction of sp³-hybridized carbons (Fsp3) is 0.688. The lowest BCUT2D eigenvalue weighted by molar-refractivity contribution is -0.278. The second kappa shape index (κ2) is 10.5. The van der Waals surface area contributed by atoms with Gasteiger partial charge in [0, 0.05) is 25.7 Å². The molecule has 1 rings (SSSR count). The van der Waals surface area contributed by atoms with Crippen LogP contribution in [0.4, 0.5) is 0 Å². The first kappa shape index (κ1) is 22.4. The van der Waals surface area contributed by atoms with E-state index in [1.807, 2.05) is 0 Å². The van der Waals surface area contributed by atoms with Crippen LogP contribution in [-0.4, -0.2) is 61.3 Å². The molecule has 0 aromatic carbocycles. The lowest BCUT2D eigenvalue weighted by Crippen LogP contribution is -2.61. The Balaban J connectivity index is 3.29. The van der Waals surface area contributed by atoms with E-state index in [2.05, 4.69) is 16.6 Å². The van der Waals surface area contributed by atoms with Crippen LogP contribution < -0.4 is 0 Å². The van der Waals surface area contributed by atoms with Crippen molar-refractivity contribution in [3.8, 4) is 0 Å². The molecule has 6 atom stereocenters. The Hall–Kier alpha value is -2.62. The summed E-state index contributed by atoms with van der Waals surface area (Å²) in [7, 11) is 0. The largest absolute Gasteiger partial charge is 0.463 e. The van der Waals surface area contributed by atoms with Gasteiger partial charge in [0.15, 0.2) is 18.5 Å². The summed E-state index contributed by atoms with van der Waals surface area (Å²) in [4.78, 5) is 37.0. The van der Waals surface area contributed by atoms with E-state index in [-0.39, 0.29) is 6.61 Å². The molecule has 0 aliphatic carbocycles. The zero-order chi connectivity index (χ0) is 20.6. The molecule has 0 saturated carbocycles. The maximum atomic E-state index is 11.6. The molecule has 0 unspecified atom stereocenters. The van der Waals surface area contributed by atoms with E-state index < -0.39 is 54.7 Å². The van der Waals surface area contributed by atoms with Gasteiger partial charge in [0.1, 0.15) is 18.8 Å². The number of esters is 3. The van der Waals surface area contributed by atoms with Crippen molar-refractivity contribution in [2.45, 2.75) is 64.4 Å². The second-order valence-corrected chi connectivity index (χ2v) is 5.77. The van der Waals surface area contributed by atoms with Crippen molar-refractivity contribution in [2.24, 2.45) is 5.11 Å². The SMILES string of the molecule is C=C[C@@H](C)O[C@@H]1O[C@H](COC(C)=O)[C@@H](OC(C)=O)[C@H](OC(C)=O)[C@H]1N=[N+]=[N-]. The van der Waals surface area contributed by atoms with Crippen LogP contribution in [0.15, 0.2) is 17.8 Å². The molecule has 0 radical (unpaired) electrons. The molecule has 0 amide bonds. The molecule has 1 aliphatic rings. The zero-order valence-electron chi connectivity index (χ0n) is 15.6. The van der Waals surface area contributed by atoms with Crippen molar-refractivity contribution in [1.29, 1.82) is 0 Å². The highest BCUT2D eigenvalue weighted by molar-refractivity contribution is 5.68. The zero-order valence-corrected chi connectivity index (χ0v) is 15.6. The summed E-state index contributed by atoms with van der Waals surface area (Å²) in [5.74, 6) is -1.97. The first-order valence-electron chi connectivity index (χ1n) is 8.15. The van der Waals surface area contributed by atoms with E-state index in [0.29, 0.717) is 0 Å². The standard InChI is InChI=1S/C16H23N3O8/c1-6-8(2)24-16-13(18-19-17)15(26-11(5)22)14(25-10(4)21)12(27-16)7-23-9(3)20/h6,8,12-16H,1,7H2,2-5H3/t8-,12-,13-,14-,15-,16-/m1/s1. The Bertz CT molecular complexity index is 619. The number of rotatable bonds is 8. The number of nitrogens with zero attached hydrogens (tertiary/aromatic N) is 3. The molecule has 1 heterocycles. The Morgan fingerprint density at radius 1 is 1.19 bits per heavy atom. The predicted octanol–water partition coefficient (Wildman–Crippen LogP) is 1.41.